The van der Waals surface area contributed by atoms with Crippen molar-refractivity contribution in [3.8, 4) is 0 Å². The maximum absolute atomic E-state index is 5.65. The minimum Gasteiger partial charge on any atom is -0.376 e. The lowest BCUT2D eigenvalue weighted by Crippen LogP contribution is -2.37. The van der Waals surface area contributed by atoms with Gasteiger partial charge < -0.3 is 15.0 Å². The van der Waals surface area contributed by atoms with E-state index in [4.69, 9.17) is 10.5 Å². The zero-order valence-electron chi connectivity index (χ0n) is 9.44. The average Bonchev–Trinajstić information content (AvgIpc) is 2.77. The quantitative estimate of drug-likeness (QED) is 0.805. The second kappa shape index (κ2) is 3.94. The van der Waals surface area contributed by atoms with Gasteiger partial charge in [0.25, 0.3) is 0 Å². The largest absolute Gasteiger partial charge is 0.376 e. The van der Waals surface area contributed by atoms with Crippen LogP contribution in [0.15, 0.2) is 12.5 Å². The van der Waals surface area contributed by atoms with E-state index < -0.39 is 0 Å². The summed E-state index contributed by atoms with van der Waals surface area (Å²) in [6.07, 6.45) is 5.97. The van der Waals surface area contributed by atoms with Crippen LogP contribution in [0.4, 0.5) is 0 Å². The van der Waals surface area contributed by atoms with Crippen molar-refractivity contribution >= 4 is 0 Å². The lowest BCUT2D eigenvalue weighted by Gasteiger charge is -2.31. The Bertz CT molecular complexity index is 336. The molecule has 0 amide bonds. The molecule has 1 aliphatic heterocycles. The molecule has 2 N–H and O–H groups in total. The van der Waals surface area contributed by atoms with Crippen molar-refractivity contribution in [2.45, 2.75) is 38.3 Å². The summed E-state index contributed by atoms with van der Waals surface area (Å²) in [7, 11) is 0. The summed E-state index contributed by atoms with van der Waals surface area (Å²) in [5, 5.41) is 0. The average molecular weight is 209 g/mol. The van der Waals surface area contributed by atoms with E-state index in [0.29, 0.717) is 6.54 Å². The molecule has 0 aromatic carbocycles. The van der Waals surface area contributed by atoms with Crippen LogP contribution in [-0.4, -0.2) is 28.8 Å². The fourth-order valence-electron chi connectivity index (χ4n) is 2.26. The van der Waals surface area contributed by atoms with Crippen molar-refractivity contribution < 1.29 is 4.74 Å². The van der Waals surface area contributed by atoms with Crippen LogP contribution in [0.1, 0.15) is 26.0 Å². The molecule has 15 heavy (non-hydrogen) atoms. The first kappa shape index (κ1) is 10.6. The van der Waals surface area contributed by atoms with Gasteiger partial charge >= 0.3 is 0 Å². The van der Waals surface area contributed by atoms with Crippen molar-refractivity contribution in [1.82, 2.24) is 9.55 Å². The zero-order chi connectivity index (χ0) is 10.9. The predicted molar refractivity (Wildman–Crippen MR) is 58.7 cm³/mol. The summed E-state index contributed by atoms with van der Waals surface area (Å²) >= 11 is 0. The topological polar surface area (TPSA) is 53.1 Å². The van der Waals surface area contributed by atoms with E-state index in [-0.39, 0.29) is 11.6 Å². The molecule has 0 saturated carbocycles. The number of nitrogens with zero attached hydrogens (tertiary/aromatic N) is 2. The van der Waals surface area contributed by atoms with E-state index in [1.807, 2.05) is 12.5 Å². The molecule has 1 fully saturated rings. The Labute approximate surface area is 90.4 Å². The standard InChI is InChI=1S/C11H19N3O/c1-9-11(2,4-6-15-9)14-8-13-7-10(14)3-5-12/h7-9H,3-6,12H2,1-2H3. The monoisotopic (exact) mass is 209 g/mol. The van der Waals surface area contributed by atoms with Crippen LogP contribution in [0, 0.1) is 0 Å². The van der Waals surface area contributed by atoms with Crippen molar-refractivity contribution in [3.63, 3.8) is 0 Å². The summed E-state index contributed by atoms with van der Waals surface area (Å²) in [4.78, 5) is 4.22. The van der Waals surface area contributed by atoms with Crippen LogP contribution < -0.4 is 5.73 Å². The second-order valence-corrected chi connectivity index (χ2v) is 4.41. The molecular weight excluding hydrogens is 190 g/mol. The van der Waals surface area contributed by atoms with Gasteiger partial charge in [-0.1, -0.05) is 0 Å². The molecule has 0 radical (unpaired) electrons. The molecule has 4 heteroatoms. The highest BCUT2D eigenvalue weighted by molar-refractivity contribution is 5.07. The van der Waals surface area contributed by atoms with Crippen molar-refractivity contribution in [2.75, 3.05) is 13.2 Å². The fraction of sp³-hybridized carbons (Fsp3) is 0.727. The van der Waals surface area contributed by atoms with E-state index >= 15 is 0 Å². The van der Waals surface area contributed by atoms with Crippen LogP contribution in [0.2, 0.25) is 0 Å². The molecule has 2 rings (SSSR count). The molecule has 1 saturated heterocycles. The molecular formula is C11H19N3O. The molecule has 0 spiro atoms. The van der Waals surface area contributed by atoms with Gasteiger partial charge in [-0.3, -0.25) is 0 Å². The highest BCUT2D eigenvalue weighted by Crippen LogP contribution is 2.33. The summed E-state index contributed by atoms with van der Waals surface area (Å²) in [6, 6.07) is 0. The zero-order valence-corrected chi connectivity index (χ0v) is 9.44. The maximum Gasteiger partial charge on any atom is 0.0954 e. The van der Waals surface area contributed by atoms with E-state index in [1.54, 1.807) is 0 Å². The number of hydrogen-bond donors (Lipinski definition) is 1. The van der Waals surface area contributed by atoms with Gasteiger partial charge in [0.2, 0.25) is 0 Å². The van der Waals surface area contributed by atoms with Gasteiger partial charge in [-0.25, -0.2) is 4.98 Å². The molecule has 2 heterocycles. The van der Waals surface area contributed by atoms with E-state index in [2.05, 4.69) is 23.4 Å². The Kier molecular flexibility index (Phi) is 2.80. The number of hydrogen-bond acceptors (Lipinski definition) is 3. The third-order valence-electron chi connectivity index (χ3n) is 3.52. The van der Waals surface area contributed by atoms with Crippen LogP contribution in [0.5, 0.6) is 0 Å². The van der Waals surface area contributed by atoms with Gasteiger partial charge in [-0.05, 0) is 26.8 Å². The third kappa shape index (κ3) is 1.68. The third-order valence-corrected chi connectivity index (χ3v) is 3.52. The molecule has 1 aromatic rings. The first-order chi connectivity index (χ1) is 7.18. The minimum absolute atomic E-state index is 0.0427. The number of rotatable bonds is 3. The SMILES string of the molecule is CC1OCCC1(C)n1cncc1CCN. The Hall–Kier alpha value is -0.870. The van der Waals surface area contributed by atoms with Gasteiger partial charge in [-0.2, -0.15) is 0 Å². The minimum atomic E-state index is 0.0427. The number of imidazole rings is 1. The van der Waals surface area contributed by atoms with E-state index in [0.717, 1.165) is 19.4 Å². The molecule has 1 aliphatic rings. The highest BCUT2D eigenvalue weighted by atomic mass is 16.5. The van der Waals surface area contributed by atoms with Gasteiger partial charge in [0.1, 0.15) is 0 Å². The predicted octanol–water partition coefficient (Wildman–Crippen LogP) is 0.908. The van der Waals surface area contributed by atoms with Crippen LogP contribution >= 0.6 is 0 Å². The van der Waals surface area contributed by atoms with Gasteiger partial charge in [0.15, 0.2) is 0 Å². The normalized spacial score (nSPS) is 31.0. The van der Waals surface area contributed by atoms with Gasteiger partial charge in [0.05, 0.1) is 18.0 Å². The van der Waals surface area contributed by atoms with Crippen LogP contribution in [0.3, 0.4) is 0 Å². The Morgan fingerprint density at radius 3 is 3.13 bits per heavy atom. The Morgan fingerprint density at radius 1 is 1.73 bits per heavy atom. The molecule has 0 bridgehead atoms. The Morgan fingerprint density at radius 2 is 2.53 bits per heavy atom. The number of aromatic nitrogens is 2. The first-order valence-electron chi connectivity index (χ1n) is 5.52. The molecule has 2 atom stereocenters. The fourth-order valence-corrected chi connectivity index (χ4v) is 2.26. The number of nitrogens with two attached hydrogens (primary N) is 1. The molecule has 84 valence electrons. The summed E-state index contributed by atoms with van der Waals surface area (Å²) in [5.41, 5.74) is 6.84. The van der Waals surface area contributed by atoms with Gasteiger partial charge in [-0.15, -0.1) is 0 Å². The van der Waals surface area contributed by atoms with Crippen LogP contribution in [-0.2, 0) is 16.7 Å². The molecule has 1 aromatic heterocycles. The summed E-state index contributed by atoms with van der Waals surface area (Å²) in [6.45, 7) is 5.85. The molecule has 2 unspecified atom stereocenters. The van der Waals surface area contributed by atoms with Crippen molar-refractivity contribution in [1.29, 1.82) is 0 Å². The Balaban J connectivity index is 2.31. The van der Waals surface area contributed by atoms with Crippen molar-refractivity contribution in [2.24, 2.45) is 5.73 Å². The first-order valence-corrected chi connectivity index (χ1v) is 5.52. The van der Waals surface area contributed by atoms with Crippen LogP contribution in [0.25, 0.3) is 0 Å². The number of ether oxygens (including phenoxy) is 1. The second-order valence-electron chi connectivity index (χ2n) is 4.41. The van der Waals surface area contributed by atoms with E-state index in [1.165, 1.54) is 5.69 Å². The maximum atomic E-state index is 5.65. The van der Waals surface area contributed by atoms with E-state index in [9.17, 15) is 0 Å². The lowest BCUT2D eigenvalue weighted by molar-refractivity contribution is 0.0749. The summed E-state index contributed by atoms with van der Waals surface area (Å²) in [5.74, 6) is 0. The van der Waals surface area contributed by atoms with Crippen molar-refractivity contribution in [3.05, 3.63) is 18.2 Å². The highest BCUT2D eigenvalue weighted by Gasteiger charge is 2.39. The smallest absolute Gasteiger partial charge is 0.0954 e. The van der Waals surface area contributed by atoms with Gasteiger partial charge in [0, 0.05) is 24.9 Å². The molecule has 0 aliphatic carbocycles. The summed E-state index contributed by atoms with van der Waals surface area (Å²) < 4.78 is 7.88. The lowest BCUT2D eigenvalue weighted by atomic mass is 9.94. The molecule has 4 nitrogen and oxygen atoms in total.